The number of likely N-dealkylation sites (tertiary alicyclic amines) is 1. The summed E-state index contributed by atoms with van der Waals surface area (Å²) < 4.78 is 5.80. The summed E-state index contributed by atoms with van der Waals surface area (Å²) in [7, 11) is 0. The molecule has 4 heteroatoms. The lowest BCUT2D eigenvalue weighted by Crippen LogP contribution is -2.49. The predicted molar refractivity (Wildman–Crippen MR) is 77.3 cm³/mol. The van der Waals surface area contributed by atoms with Crippen molar-refractivity contribution >= 4 is 11.7 Å². The van der Waals surface area contributed by atoms with Gasteiger partial charge in [-0.3, -0.25) is 9.59 Å². The average molecular weight is 281 g/mol. The van der Waals surface area contributed by atoms with Crippen LogP contribution in [0, 0.1) is 11.8 Å². The van der Waals surface area contributed by atoms with E-state index in [0.717, 1.165) is 25.8 Å². The number of piperidine rings is 1. The molecule has 5 atom stereocenters. The molecule has 0 aromatic carbocycles. The first kappa shape index (κ1) is 15.5. The number of nitrogens with zero attached hydrogens (tertiary/aromatic N) is 1. The number of rotatable bonds is 3. The first-order valence-corrected chi connectivity index (χ1v) is 7.87. The molecule has 4 nitrogen and oxygen atoms in total. The second kappa shape index (κ2) is 6.25. The summed E-state index contributed by atoms with van der Waals surface area (Å²) in [6.45, 7) is 8.54. The summed E-state index contributed by atoms with van der Waals surface area (Å²) in [5, 5.41) is 0. The summed E-state index contributed by atoms with van der Waals surface area (Å²) in [4.78, 5) is 26.3. The van der Waals surface area contributed by atoms with Gasteiger partial charge in [0.2, 0.25) is 5.91 Å². The van der Waals surface area contributed by atoms with Crippen LogP contribution in [-0.2, 0) is 14.3 Å². The zero-order chi connectivity index (χ0) is 14.9. The van der Waals surface area contributed by atoms with Gasteiger partial charge in [0.25, 0.3) is 0 Å². The van der Waals surface area contributed by atoms with Gasteiger partial charge < -0.3 is 9.64 Å². The van der Waals surface area contributed by atoms with Crippen LogP contribution in [0.4, 0.5) is 0 Å². The van der Waals surface area contributed by atoms with E-state index in [9.17, 15) is 9.59 Å². The number of ketones is 1. The topological polar surface area (TPSA) is 46.6 Å². The second-order valence-electron chi connectivity index (χ2n) is 6.52. The zero-order valence-electron chi connectivity index (χ0n) is 13.1. The van der Waals surface area contributed by atoms with E-state index in [-0.39, 0.29) is 41.8 Å². The Hall–Kier alpha value is -0.900. The number of Topliss-reactive ketones (excluding diaryl/α,β-unsaturated/α-hetero) is 1. The highest BCUT2D eigenvalue weighted by Crippen LogP contribution is 2.35. The van der Waals surface area contributed by atoms with Crippen LogP contribution < -0.4 is 0 Å². The Kier molecular flexibility index (Phi) is 4.84. The lowest BCUT2D eigenvalue weighted by Gasteiger charge is -2.38. The highest BCUT2D eigenvalue weighted by Gasteiger charge is 2.44. The molecule has 2 fully saturated rings. The average Bonchev–Trinajstić information content (AvgIpc) is 2.62. The first-order valence-electron chi connectivity index (χ1n) is 7.87. The Balaban J connectivity index is 2.11. The van der Waals surface area contributed by atoms with Crippen molar-refractivity contribution in [3.8, 4) is 0 Å². The van der Waals surface area contributed by atoms with Crippen LogP contribution in [0.1, 0.15) is 53.4 Å². The molecule has 0 saturated carbocycles. The van der Waals surface area contributed by atoms with E-state index in [1.165, 1.54) is 0 Å². The van der Waals surface area contributed by atoms with Gasteiger partial charge in [0.1, 0.15) is 5.78 Å². The van der Waals surface area contributed by atoms with Crippen LogP contribution in [-0.4, -0.2) is 41.4 Å². The maximum absolute atomic E-state index is 12.9. The van der Waals surface area contributed by atoms with Gasteiger partial charge in [-0.25, -0.2) is 0 Å². The molecule has 1 amide bonds. The molecule has 0 aliphatic carbocycles. The number of carbonyl (C=O) groups excluding carboxylic acids is 2. The first-order chi connectivity index (χ1) is 9.41. The van der Waals surface area contributed by atoms with E-state index in [2.05, 4.69) is 6.92 Å². The van der Waals surface area contributed by atoms with Gasteiger partial charge in [0.15, 0.2) is 0 Å². The largest absolute Gasteiger partial charge is 0.374 e. The number of ether oxygens (including phenoxy) is 1. The maximum atomic E-state index is 12.9. The minimum Gasteiger partial charge on any atom is -0.374 e. The van der Waals surface area contributed by atoms with Crippen LogP contribution in [0.25, 0.3) is 0 Å². The van der Waals surface area contributed by atoms with Gasteiger partial charge in [-0.2, -0.15) is 0 Å². The fourth-order valence-electron chi connectivity index (χ4n) is 3.72. The molecular formula is C16H27NO3. The molecule has 20 heavy (non-hydrogen) atoms. The third kappa shape index (κ3) is 3.05. The zero-order valence-corrected chi connectivity index (χ0v) is 13.1. The van der Waals surface area contributed by atoms with Gasteiger partial charge in [-0.1, -0.05) is 6.92 Å². The lowest BCUT2D eigenvalue weighted by molar-refractivity contribution is -0.142. The second-order valence-corrected chi connectivity index (χ2v) is 6.52. The van der Waals surface area contributed by atoms with Gasteiger partial charge in [-0.15, -0.1) is 0 Å². The fraction of sp³-hybridized carbons (Fsp3) is 0.875. The molecular weight excluding hydrogens is 254 g/mol. The van der Waals surface area contributed by atoms with E-state index in [1.54, 1.807) is 6.92 Å². The Morgan fingerprint density at radius 2 is 1.85 bits per heavy atom. The van der Waals surface area contributed by atoms with Crippen molar-refractivity contribution in [2.75, 3.05) is 6.54 Å². The highest BCUT2D eigenvalue weighted by atomic mass is 16.5. The van der Waals surface area contributed by atoms with Crippen molar-refractivity contribution in [3.63, 3.8) is 0 Å². The molecule has 5 unspecified atom stereocenters. The van der Waals surface area contributed by atoms with E-state index in [4.69, 9.17) is 4.74 Å². The van der Waals surface area contributed by atoms with Gasteiger partial charge in [0.05, 0.1) is 18.1 Å². The van der Waals surface area contributed by atoms with E-state index < -0.39 is 0 Å². The maximum Gasteiger partial charge on any atom is 0.228 e. The number of hydrogen-bond acceptors (Lipinski definition) is 3. The standard InChI is InChI=1S/C16H27NO3/c1-10(18)9-14-7-5-6-8-17(14)16(19)15-11(2)12(3)20-13(15)4/h11-15H,5-9H2,1-4H3. The SMILES string of the molecule is CC(=O)CC1CCCCN1C(=O)C1C(C)OC(C)C1C. The summed E-state index contributed by atoms with van der Waals surface area (Å²) in [6, 6.07) is 0.101. The van der Waals surface area contributed by atoms with Crippen molar-refractivity contribution in [3.05, 3.63) is 0 Å². The van der Waals surface area contributed by atoms with Crippen LogP contribution >= 0.6 is 0 Å². The van der Waals surface area contributed by atoms with Crippen molar-refractivity contribution in [1.82, 2.24) is 4.90 Å². The molecule has 0 N–H and O–H groups in total. The van der Waals surface area contributed by atoms with Crippen molar-refractivity contribution in [2.24, 2.45) is 11.8 Å². The molecule has 2 saturated heterocycles. The fourth-order valence-corrected chi connectivity index (χ4v) is 3.72. The molecule has 0 radical (unpaired) electrons. The summed E-state index contributed by atoms with van der Waals surface area (Å²) >= 11 is 0. The summed E-state index contributed by atoms with van der Waals surface area (Å²) in [5.74, 6) is 0.557. The molecule has 2 heterocycles. The minimum atomic E-state index is -0.0578. The van der Waals surface area contributed by atoms with Gasteiger partial charge in [-0.05, 0) is 46.0 Å². The van der Waals surface area contributed by atoms with Crippen LogP contribution in [0.15, 0.2) is 0 Å². The normalized spacial score (nSPS) is 38.0. The third-order valence-electron chi connectivity index (χ3n) is 4.96. The van der Waals surface area contributed by atoms with Crippen LogP contribution in [0.2, 0.25) is 0 Å². The van der Waals surface area contributed by atoms with Crippen molar-refractivity contribution in [2.45, 2.75) is 71.6 Å². The predicted octanol–water partition coefficient (Wildman–Crippen LogP) is 2.41. The highest BCUT2D eigenvalue weighted by molar-refractivity contribution is 5.82. The van der Waals surface area contributed by atoms with E-state index >= 15 is 0 Å². The molecule has 0 aromatic heterocycles. The van der Waals surface area contributed by atoms with Crippen LogP contribution in [0.5, 0.6) is 0 Å². The quantitative estimate of drug-likeness (QED) is 0.798. The third-order valence-corrected chi connectivity index (χ3v) is 4.96. The molecule has 2 rings (SSSR count). The molecule has 114 valence electrons. The van der Waals surface area contributed by atoms with Crippen molar-refractivity contribution in [1.29, 1.82) is 0 Å². The van der Waals surface area contributed by atoms with Gasteiger partial charge in [0, 0.05) is 19.0 Å². The van der Waals surface area contributed by atoms with E-state index in [0.29, 0.717) is 6.42 Å². The van der Waals surface area contributed by atoms with Crippen LogP contribution in [0.3, 0.4) is 0 Å². The molecule has 0 bridgehead atoms. The number of carbonyl (C=O) groups is 2. The molecule has 0 spiro atoms. The Morgan fingerprint density at radius 3 is 2.40 bits per heavy atom. The van der Waals surface area contributed by atoms with Gasteiger partial charge >= 0.3 is 0 Å². The summed E-state index contributed by atoms with van der Waals surface area (Å²) in [6.07, 6.45) is 3.73. The minimum absolute atomic E-state index is 0.0209. The van der Waals surface area contributed by atoms with Crippen molar-refractivity contribution < 1.29 is 14.3 Å². The Morgan fingerprint density at radius 1 is 1.15 bits per heavy atom. The van der Waals surface area contributed by atoms with E-state index in [1.807, 2.05) is 18.7 Å². The smallest absolute Gasteiger partial charge is 0.228 e. The molecule has 0 aromatic rings. The Bertz CT molecular complexity index is 382. The Labute approximate surface area is 121 Å². The monoisotopic (exact) mass is 281 g/mol. The molecule has 2 aliphatic rings. The lowest BCUT2D eigenvalue weighted by atomic mass is 9.86. The number of amides is 1. The summed E-state index contributed by atoms with van der Waals surface area (Å²) in [5.41, 5.74) is 0. The molecule has 2 aliphatic heterocycles. The number of hydrogen-bond donors (Lipinski definition) is 0.